The quantitative estimate of drug-likeness (QED) is 0.00919. The first-order valence-corrected chi connectivity index (χ1v) is 48.9. The van der Waals surface area contributed by atoms with Crippen LogP contribution in [0.1, 0.15) is 198 Å². The van der Waals surface area contributed by atoms with Crippen LogP contribution in [0.4, 0.5) is 17.7 Å². The molecule has 8 aliphatic carbocycles. The smallest absolute Gasteiger partial charge is 0.396 e. The van der Waals surface area contributed by atoms with Crippen LogP contribution in [0.25, 0.3) is 22.3 Å². The Labute approximate surface area is 807 Å². The summed E-state index contributed by atoms with van der Waals surface area (Å²) in [6.45, 7) is 16.5. The molecule has 0 bridgehead atoms. The lowest BCUT2D eigenvalue weighted by Crippen LogP contribution is -2.62. The number of phenols is 1. The van der Waals surface area contributed by atoms with Crippen molar-refractivity contribution < 1.29 is 111 Å². The number of nitrogen functional groups attached to an aromatic ring is 2. The lowest BCUT2D eigenvalue weighted by Gasteiger charge is -2.58. The third kappa shape index (κ3) is 18.6. The molecule has 5 saturated carbocycles. The van der Waals surface area contributed by atoms with Gasteiger partial charge in [-0.3, -0.25) is 33.6 Å². The van der Waals surface area contributed by atoms with Crippen LogP contribution in [-0.2, 0) is 73.8 Å². The highest BCUT2D eigenvalue weighted by Crippen LogP contribution is 2.67. The maximum atomic E-state index is 13.5. The Bertz CT molecular complexity index is 6220. The molecule has 5 unspecified atom stereocenters. The number of ether oxygens (including phenoxy) is 11. The van der Waals surface area contributed by atoms with E-state index in [0.29, 0.717) is 113 Å². The summed E-state index contributed by atoms with van der Waals surface area (Å²) in [5.74, 6) is 2.40. The van der Waals surface area contributed by atoms with Crippen molar-refractivity contribution in [3.05, 3.63) is 144 Å². The van der Waals surface area contributed by atoms with Crippen molar-refractivity contribution in [3.8, 4) is 28.7 Å². The van der Waals surface area contributed by atoms with E-state index >= 15 is 0 Å². The summed E-state index contributed by atoms with van der Waals surface area (Å²) in [6, 6.07) is 10.3. The average Bonchev–Trinajstić information content (AvgIpc) is 1.27. The molecule has 1 amide bonds. The molecule has 4 saturated heterocycles. The fraction of sp³-hybridized carbons (Fsp3) is 0.546. The zero-order chi connectivity index (χ0) is 98.0. The number of nitrogens with one attached hydrogen (secondary N) is 4. The largest absolute Gasteiger partial charge is 0.509 e. The minimum absolute atomic E-state index is 0.0242. The van der Waals surface area contributed by atoms with Crippen LogP contribution in [0.15, 0.2) is 118 Å². The van der Waals surface area contributed by atoms with Gasteiger partial charge in [-0.05, 0) is 224 Å². The van der Waals surface area contributed by atoms with Crippen LogP contribution in [0, 0.1) is 84.3 Å². The number of fused-ring (bicyclic) bond motifs is 16. The molecule has 0 radical (unpaired) electrons. The maximum Gasteiger partial charge on any atom is 0.396 e. The summed E-state index contributed by atoms with van der Waals surface area (Å²) in [4.78, 5) is 126. The number of carbonyl (C=O) groups is 7. The number of aromatic amines is 3. The number of imidazole rings is 3. The van der Waals surface area contributed by atoms with Gasteiger partial charge in [-0.2, -0.15) is 9.97 Å². The number of carbonyl (C=O) groups excluding carboxylic acids is 7. The summed E-state index contributed by atoms with van der Waals surface area (Å²) >= 11 is 7.49. The van der Waals surface area contributed by atoms with Crippen LogP contribution >= 0.6 is 35.3 Å². The summed E-state index contributed by atoms with van der Waals surface area (Å²) < 4.78 is 66.3. The molecule has 2 aromatic carbocycles. The van der Waals surface area contributed by atoms with Crippen LogP contribution in [0.2, 0.25) is 0 Å². The van der Waals surface area contributed by atoms with Gasteiger partial charge in [-0.15, -0.1) is 11.3 Å². The number of methoxy groups -OCH3 is 2. The van der Waals surface area contributed by atoms with Crippen LogP contribution < -0.4 is 35.7 Å². The number of H-pyrrole nitrogens is 3. The Kier molecular flexibility index (Phi) is 28.1. The zero-order valence-corrected chi connectivity index (χ0v) is 80.8. The van der Waals surface area contributed by atoms with Gasteiger partial charge >= 0.3 is 23.7 Å². The molecule has 0 spiro atoms. The van der Waals surface area contributed by atoms with E-state index < -0.39 is 83.7 Å². The number of nitro groups is 1. The predicted molar refractivity (Wildman–Crippen MR) is 501 cm³/mol. The molecule has 8 aromatic rings. The summed E-state index contributed by atoms with van der Waals surface area (Å²) in [7, 11) is 4.53. The molecule has 6 aliphatic heterocycles. The molecule has 138 heavy (non-hydrogen) atoms. The van der Waals surface area contributed by atoms with E-state index in [9.17, 15) is 64.1 Å². The summed E-state index contributed by atoms with van der Waals surface area (Å²) in [5.41, 5.74) is 18.1. The number of aromatic hydroxyl groups is 1. The van der Waals surface area contributed by atoms with Gasteiger partial charge < -0.3 is 119 Å². The van der Waals surface area contributed by atoms with E-state index in [1.807, 2.05) is 56.5 Å². The van der Waals surface area contributed by atoms with E-state index in [0.717, 1.165) is 93.2 Å². The standard InChI is InChI=1S/C32H32O13S.C22H32O3.C19H24O3.C10H15NO3.C9H8N8O2S.C5H5N5S/c1-37-19-6-13(7-20(38-2)25(19)33)23-14-8-17-18(42-12-41-17)9-15(14)28(16-10-39-30(36)24(16)23)44-32-27(35)26(34)29-21(43-32)11-40-31(45-29)22-4-3-5-46-22;1-4-20(24)25-19-8-7-17-16-6-5-14-13-15(23)9-11-21(14,2)18(16)10-12-22(17,19)3;1-18-9-7-13(20)11-12(18)3-4-14-15(18)8-10-19(2)16(14)5-6-17(21)22-19;1-4-5(2)8-9(13)7(6(3)12)10(14)11-8;1-16-3-13-6(17(18)19)8(16)20-7-4-5(12-2-11-4)14-9(10)15-7;6-5-9-3-2(4(11)10-5)7-1-8-3/h3-9,16,21,23-24,26-29,31-35H,10-12H2,1-2H3;13,16-19H,4-12H2,1-3H3;7,9,11,14-16H,3-6,8,10H2,1-2H3;5,8,13H,4H2,1-3H3,(H,11,14);2-3H,1H3,(H3,10,11,12,14,15);1H,(H4,6,7,8,9,10,11)/t16?,21-,23-,24+,26-,27-,28?,29-,31?,32+;16-,17-,18-,19-,21-,22-;14-,15+,16+,18+,19+;;;/m101.../s1. The number of cyclic esters (lactones) is 1. The number of aryl methyl sites for hydroxylation is 1. The molecule has 736 valence electrons. The normalized spacial score (nSPS) is 32.1. The van der Waals surface area contributed by atoms with Gasteiger partial charge in [-0.1, -0.05) is 83.5 Å². The first kappa shape index (κ1) is 98.1. The number of nitrogens with zero attached hydrogens (tertiary/aromatic N) is 8. The Morgan fingerprint density at radius 1 is 0.790 bits per heavy atom. The minimum Gasteiger partial charge on any atom is -0.509 e. The van der Waals surface area contributed by atoms with Crippen molar-refractivity contribution in [2.75, 3.05) is 45.7 Å². The van der Waals surface area contributed by atoms with Crippen molar-refractivity contribution in [2.45, 2.75) is 235 Å². The van der Waals surface area contributed by atoms with Crippen molar-refractivity contribution in [3.63, 3.8) is 0 Å². The number of ketones is 3. The highest BCUT2D eigenvalue weighted by Gasteiger charge is 2.62. The van der Waals surface area contributed by atoms with E-state index in [1.165, 1.54) is 81.9 Å². The highest BCUT2D eigenvalue weighted by molar-refractivity contribution is 7.99. The number of esters is 3. The molecule has 12 heterocycles. The SMILES string of the molecule is CCC(=O)O[C@H]1CC[C@H]2[C@@H]3CCC4=CC(=O)CC[C@]4(C)[C@H]3CC[C@]12C.CCC(C)C1NC(=O)C(C(C)=O)=C1O.COc1cc([C@@H]2c3cc4c(cc3C(O[C@@H]3O[C@@H]5COC(c6cccs6)O[C@H]5[C@H](O)[C@H]3O)C3COC(=O)[C@@H]32)OCO4)cc(OC)c1O.C[C@]12C=CC(=O)C=C1CC[C@@H]1[C@@H]2CC[C@]2(C)OC(=O)CC[C@@H]12.Cn1cnc([N+](=O)[O-])c1Sc1nc(N)nc2nc[nH]c12.Nc1nc2nc[nH]c2c(=S)[nH]1. The molecule has 12 N–H and O–H groups in total. The Morgan fingerprint density at radius 2 is 1.49 bits per heavy atom. The second kappa shape index (κ2) is 39.6. The monoisotopic (exact) mass is 1960 g/mol. The third-order valence-electron chi connectivity index (χ3n) is 31.1. The number of benzene rings is 2. The predicted octanol–water partition coefficient (Wildman–Crippen LogP) is 13.4. The van der Waals surface area contributed by atoms with Gasteiger partial charge in [0.2, 0.25) is 30.8 Å². The first-order valence-electron chi connectivity index (χ1n) is 46.8. The number of amides is 1. The minimum atomic E-state index is -1.47. The number of Topliss-reactive ketones (excluding diaryl/α,β-unsaturated/α-hetero) is 1. The number of anilines is 2. The zero-order valence-electron chi connectivity index (χ0n) is 78.4. The van der Waals surface area contributed by atoms with Gasteiger partial charge in [0.05, 0.1) is 63.0 Å². The lowest BCUT2D eigenvalue weighted by molar-refractivity contribution is -0.392. The number of aliphatic hydroxyl groups is 3. The molecule has 23 atom stereocenters. The molecular formula is C97H116N14O24S3. The Balaban J connectivity index is 0.000000123. The highest BCUT2D eigenvalue weighted by atomic mass is 32.2. The Hall–Kier alpha value is -11.6. The maximum absolute atomic E-state index is 13.5. The van der Waals surface area contributed by atoms with Gasteiger partial charge in [0, 0.05) is 54.9 Å². The van der Waals surface area contributed by atoms with E-state index in [-0.39, 0.29) is 124 Å². The number of phenolic OH excluding ortho intramolecular Hbond substituents is 1. The number of hydrogen-bond donors (Lipinski definition) is 10. The van der Waals surface area contributed by atoms with Gasteiger partial charge in [0.25, 0.3) is 5.91 Å². The van der Waals surface area contributed by atoms with E-state index in [2.05, 4.69) is 83.9 Å². The van der Waals surface area contributed by atoms with Gasteiger partial charge in [0.15, 0.2) is 69.2 Å². The number of allylic oxidation sites excluding steroid dienone is 5. The molecule has 14 aliphatic rings. The van der Waals surface area contributed by atoms with Crippen LogP contribution in [0.3, 0.4) is 0 Å². The number of hydrogen-bond acceptors (Lipinski definition) is 35. The summed E-state index contributed by atoms with van der Waals surface area (Å²) in [5, 5.41) is 59.0. The fourth-order valence-electron chi connectivity index (χ4n) is 23.9. The second-order valence-corrected chi connectivity index (χ2v) is 41.1. The van der Waals surface area contributed by atoms with Crippen molar-refractivity contribution in [1.82, 2.24) is 54.7 Å². The van der Waals surface area contributed by atoms with Crippen LogP contribution in [0.5, 0.6) is 28.7 Å². The first-order chi connectivity index (χ1) is 66.0. The lowest BCUT2D eigenvalue weighted by atomic mass is 9.47. The second-order valence-electron chi connectivity index (χ2n) is 38.7. The van der Waals surface area contributed by atoms with Crippen LogP contribution in [-0.4, -0.2) is 199 Å². The van der Waals surface area contributed by atoms with E-state index in [1.54, 1.807) is 35.9 Å². The summed E-state index contributed by atoms with van der Waals surface area (Å²) in [6.07, 6.45) is 20.8. The van der Waals surface area contributed by atoms with Crippen molar-refractivity contribution in [2.24, 2.45) is 76.6 Å². The molecular weight excluding hydrogens is 1840 g/mol. The van der Waals surface area contributed by atoms with Gasteiger partial charge in [0.1, 0.15) is 68.2 Å². The number of rotatable bonds is 14. The third-order valence-corrected chi connectivity index (χ3v) is 33.5. The topological polar surface area (TPSA) is 539 Å². The van der Waals surface area contributed by atoms with Gasteiger partial charge in [-0.25, -0.2) is 15.0 Å². The Morgan fingerprint density at radius 3 is 2.18 bits per heavy atom. The number of aliphatic hydroxyl groups excluding tert-OH is 3. The molecule has 6 aromatic heterocycles. The number of thiophene rings is 1. The van der Waals surface area contributed by atoms with Crippen molar-refractivity contribution in [1.29, 1.82) is 0 Å². The molecule has 22 rings (SSSR count). The average molecular weight is 1960 g/mol. The fourth-order valence-corrected chi connectivity index (χ4v) is 25.8. The van der Waals surface area contributed by atoms with E-state index in [4.69, 9.17) is 75.8 Å². The molecule has 9 fully saturated rings. The number of nitrogens with two attached hydrogens (primary N) is 2. The van der Waals surface area contributed by atoms with Crippen molar-refractivity contribution >= 4 is 117 Å². The number of aromatic nitrogens is 10. The molecule has 41 heteroatoms. The molecule has 38 nitrogen and oxygen atoms in total.